The highest BCUT2D eigenvalue weighted by molar-refractivity contribution is 5.82. The van der Waals surface area contributed by atoms with Gasteiger partial charge in [-0.3, -0.25) is 0 Å². The van der Waals surface area contributed by atoms with Gasteiger partial charge < -0.3 is 5.73 Å². The predicted octanol–water partition coefficient (Wildman–Crippen LogP) is 3.02. The number of nitrogen functional groups attached to an aromatic ring is 1. The van der Waals surface area contributed by atoms with Crippen molar-refractivity contribution in [3.8, 4) is 11.3 Å². The molecule has 3 nitrogen and oxygen atoms in total. The van der Waals surface area contributed by atoms with Crippen molar-refractivity contribution in [1.29, 1.82) is 0 Å². The van der Waals surface area contributed by atoms with Crippen LogP contribution in [0.3, 0.4) is 0 Å². The lowest BCUT2D eigenvalue weighted by Crippen LogP contribution is -1.92. The van der Waals surface area contributed by atoms with Crippen molar-refractivity contribution in [2.75, 3.05) is 5.73 Å². The molecular formula is C14H10FN3. The van der Waals surface area contributed by atoms with Gasteiger partial charge in [0, 0.05) is 23.2 Å². The SMILES string of the molecule is Nc1ccc(-c2cc(F)c3ccccc3n2)cn1. The van der Waals surface area contributed by atoms with Crippen LogP contribution in [0.25, 0.3) is 22.2 Å². The first-order valence-electron chi connectivity index (χ1n) is 5.51. The van der Waals surface area contributed by atoms with Crippen molar-refractivity contribution in [3.05, 3.63) is 54.5 Å². The third-order valence-corrected chi connectivity index (χ3v) is 2.75. The number of fused-ring (bicyclic) bond motifs is 1. The van der Waals surface area contributed by atoms with Gasteiger partial charge in [0.15, 0.2) is 0 Å². The monoisotopic (exact) mass is 239 g/mol. The molecule has 18 heavy (non-hydrogen) atoms. The zero-order valence-electron chi connectivity index (χ0n) is 9.47. The zero-order valence-corrected chi connectivity index (χ0v) is 9.47. The number of nitrogens with two attached hydrogens (primary N) is 1. The van der Waals surface area contributed by atoms with E-state index in [0.29, 0.717) is 22.4 Å². The highest BCUT2D eigenvalue weighted by Gasteiger charge is 2.06. The highest BCUT2D eigenvalue weighted by atomic mass is 19.1. The van der Waals surface area contributed by atoms with Gasteiger partial charge in [0.25, 0.3) is 0 Å². The molecule has 0 aliphatic carbocycles. The second-order valence-corrected chi connectivity index (χ2v) is 3.98. The number of rotatable bonds is 1. The Balaban J connectivity index is 2.21. The number of para-hydroxylation sites is 1. The van der Waals surface area contributed by atoms with Gasteiger partial charge >= 0.3 is 0 Å². The highest BCUT2D eigenvalue weighted by Crippen LogP contribution is 2.23. The van der Waals surface area contributed by atoms with E-state index in [0.717, 1.165) is 5.56 Å². The number of benzene rings is 1. The van der Waals surface area contributed by atoms with Crippen molar-refractivity contribution in [1.82, 2.24) is 9.97 Å². The minimum absolute atomic E-state index is 0.285. The summed E-state index contributed by atoms with van der Waals surface area (Å²) < 4.78 is 13.9. The molecule has 0 fully saturated rings. The molecule has 0 aliphatic rings. The maximum absolute atomic E-state index is 13.9. The quantitative estimate of drug-likeness (QED) is 0.710. The van der Waals surface area contributed by atoms with E-state index in [1.165, 1.54) is 6.07 Å². The summed E-state index contributed by atoms with van der Waals surface area (Å²) in [5.41, 5.74) is 7.45. The average Bonchev–Trinajstić information content (AvgIpc) is 2.39. The van der Waals surface area contributed by atoms with Crippen LogP contribution in [0.1, 0.15) is 0 Å². The molecule has 0 atom stereocenters. The number of hydrogen-bond acceptors (Lipinski definition) is 3. The van der Waals surface area contributed by atoms with E-state index in [9.17, 15) is 4.39 Å². The van der Waals surface area contributed by atoms with Crippen LogP contribution in [0.4, 0.5) is 10.2 Å². The van der Waals surface area contributed by atoms with E-state index in [4.69, 9.17) is 5.73 Å². The fourth-order valence-electron chi connectivity index (χ4n) is 1.84. The fourth-order valence-corrected chi connectivity index (χ4v) is 1.84. The Morgan fingerprint density at radius 3 is 2.67 bits per heavy atom. The number of anilines is 1. The standard InChI is InChI=1S/C14H10FN3/c15-11-7-13(9-5-6-14(16)17-8-9)18-12-4-2-1-3-10(11)12/h1-8H,(H2,16,17). The van der Waals surface area contributed by atoms with Gasteiger partial charge in [-0.1, -0.05) is 12.1 Å². The van der Waals surface area contributed by atoms with Gasteiger partial charge in [0.05, 0.1) is 11.2 Å². The van der Waals surface area contributed by atoms with E-state index in [1.54, 1.807) is 36.5 Å². The fraction of sp³-hybridized carbons (Fsp3) is 0. The van der Waals surface area contributed by atoms with Crippen molar-refractivity contribution in [2.45, 2.75) is 0 Å². The van der Waals surface area contributed by atoms with E-state index in [-0.39, 0.29) is 5.82 Å². The molecule has 0 bridgehead atoms. The molecule has 2 N–H and O–H groups in total. The molecule has 0 saturated heterocycles. The van der Waals surface area contributed by atoms with E-state index in [1.807, 2.05) is 6.07 Å². The Bertz CT molecular complexity index is 708. The van der Waals surface area contributed by atoms with E-state index in [2.05, 4.69) is 9.97 Å². The maximum atomic E-state index is 13.9. The second kappa shape index (κ2) is 4.07. The maximum Gasteiger partial charge on any atom is 0.134 e. The number of hydrogen-bond donors (Lipinski definition) is 1. The first-order valence-corrected chi connectivity index (χ1v) is 5.51. The van der Waals surface area contributed by atoms with Crippen LogP contribution in [-0.4, -0.2) is 9.97 Å². The van der Waals surface area contributed by atoms with E-state index >= 15 is 0 Å². The number of nitrogens with zero attached hydrogens (tertiary/aromatic N) is 2. The molecule has 2 aromatic heterocycles. The molecule has 0 spiro atoms. The Morgan fingerprint density at radius 2 is 1.89 bits per heavy atom. The van der Waals surface area contributed by atoms with Gasteiger partial charge in [-0.05, 0) is 24.3 Å². The lowest BCUT2D eigenvalue weighted by molar-refractivity contribution is 0.639. The van der Waals surface area contributed by atoms with Crippen molar-refractivity contribution < 1.29 is 4.39 Å². The van der Waals surface area contributed by atoms with Crippen LogP contribution in [0.5, 0.6) is 0 Å². The molecule has 0 amide bonds. The number of halogens is 1. The molecule has 0 aliphatic heterocycles. The van der Waals surface area contributed by atoms with Crippen LogP contribution >= 0.6 is 0 Å². The van der Waals surface area contributed by atoms with Crippen LogP contribution < -0.4 is 5.73 Å². The first kappa shape index (κ1) is 10.7. The Morgan fingerprint density at radius 1 is 1.06 bits per heavy atom. The summed E-state index contributed by atoms with van der Waals surface area (Å²) in [7, 11) is 0. The Labute approximate surface area is 103 Å². The van der Waals surface area contributed by atoms with Gasteiger partial charge in [-0.2, -0.15) is 0 Å². The lowest BCUT2D eigenvalue weighted by Gasteiger charge is -2.04. The molecule has 0 saturated carbocycles. The largest absolute Gasteiger partial charge is 0.384 e. The minimum Gasteiger partial charge on any atom is -0.384 e. The molecular weight excluding hydrogens is 229 g/mol. The van der Waals surface area contributed by atoms with Gasteiger partial charge in [-0.15, -0.1) is 0 Å². The van der Waals surface area contributed by atoms with Crippen LogP contribution in [0.2, 0.25) is 0 Å². The molecule has 0 radical (unpaired) electrons. The van der Waals surface area contributed by atoms with Gasteiger partial charge in [-0.25, -0.2) is 14.4 Å². The third kappa shape index (κ3) is 1.78. The molecule has 2 heterocycles. The summed E-state index contributed by atoms with van der Waals surface area (Å²) in [4.78, 5) is 8.40. The summed E-state index contributed by atoms with van der Waals surface area (Å²) in [6, 6.07) is 12.0. The van der Waals surface area contributed by atoms with Crippen LogP contribution in [0.15, 0.2) is 48.7 Å². The van der Waals surface area contributed by atoms with Crippen LogP contribution in [-0.2, 0) is 0 Å². The minimum atomic E-state index is -0.285. The smallest absolute Gasteiger partial charge is 0.134 e. The molecule has 3 aromatic rings. The molecule has 88 valence electrons. The van der Waals surface area contributed by atoms with Crippen molar-refractivity contribution in [2.24, 2.45) is 0 Å². The normalized spacial score (nSPS) is 10.7. The van der Waals surface area contributed by atoms with Crippen LogP contribution in [0, 0.1) is 5.82 Å². The third-order valence-electron chi connectivity index (χ3n) is 2.75. The van der Waals surface area contributed by atoms with Gasteiger partial charge in [0.2, 0.25) is 0 Å². The van der Waals surface area contributed by atoms with Gasteiger partial charge in [0.1, 0.15) is 11.6 Å². The molecule has 4 heteroatoms. The lowest BCUT2D eigenvalue weighted by atomic mass is 10.1. The zero-order chi connectivity index (χ0) is 12.5. The average molecular weight is 239 g/mol. The molecule has 0 unspecified atom stereocenters. The Kier molecular flexibility index (Phi) is 2.41. The summed E-state index contributed by atoms with van der Waals surface area (Å²) >= 11 is 0. The second-order valence-electron chi connectivity index (χ2n) is 3.98. The number of aromatic nitrogens is 2. The van der Waals surface area contributed by atoms with Crippen molar-refractivity contribution in [3.63, 3.8) is 0 Å². The first-order chi connectivity index (χ1) is 8.74. The predicted molar refractivity (Wildman–Crippen MR) is 69.3 cm³/mol. The summed E-state index contributed by atoms with van der Waals surface area (Å²) in [6.45, 7) is 0. The van der Waals surface area contributed by atoms with E-state index < -0.39 is 0 Å². The summed E-state index contributed by atoms with van der Waals surface area (Å²) in [5, 5.41) is 0.518. The number of pyridine rings is 2. The summed E-state index contributed by atoms with van der Waals surface area (Å²) in [6.07, 6.45) is 1.59. The topological polar surface area (TPSA) is 51.8 Å². The summed E-state index contributed by atoms with van der Waals surface area (Å²) in [5.74, 6) is 0.146. The Hall–Kier alpha value is -2.49. The van der Waals surface area contributed by atoms with Crippen molar-refractivity contribution >= 4 is 16.7 Å². The molecule has 1 aromatic carbocycles. The molecule has 3 rings (SSSR count).